The van der Waals surface area contributed by atoms with Gasteiger partial charge in [-0.15, -0.1) is 0 Å². The van der Waals surface area contributed by atoms with Crippen molar-refractivity contribution < 1.29 is 18.8 Å². The van der Waals surface area contributed by atoms with Crippen LogP contribution in [0.1, 0.15) is 25.3 Å². The maximum absolute atomic E-state index is 13.1. The molecule has 7 heteroatoms. The molecule has 1 fully saturated rings. The van der Waals surface area contributed by atoms with Gasteiger partial charge in [0.1, 0.15) is 0 Å². The minimum absolute atomic E-state index is 0.0236. The molecule has 20 heavy (non-hydrogen) atoms. The fraction of sp³-hybridized carbons (Fsp3) is 0.538. The Morgan fingerprint density at radius 1 is 1.50 bits per heavy atom. The summed E-state index contributed by atoms with van der Waals surface area (Å²) in [5.74, 6) is -0.0236. The number of non-ortho nitro benzene ring substituents is 1. The Hall–Kier alpha value is -1.76. The van der Waals surface area contributed by atoms with E-state index in [0.29, 0.717) is 25.2 Å². The number of aliphatic hydroxyl groups is 1. The minimum Gasteiger partial charge on any atom is -0.393 e. The summed E-state index contributed by atoms with van der Waals surface area (Å²) in [5.41, 5.74) is -0.360. The lowest BCUT2D eigenvalue weighted by Gasteiger charge is -2.36. The zero-order valence-corrected chi connectivity index (χ0v) is 11.0. The first kappa shape index (κ1) is 14.6. The summed E-state index contributed by atoms with van der Waals surface area (Å²) in [4.78, 5) is 11.7. The van der Waals surface area contributed by atoms with Gasteiger partial charge in [-0.25, -0.2) is 8.78 Å². The number of hydrogen-bond donors (Lipinski definition) is 1. The van der Waals surface area contributed by atoms with E-state index >= 15 is 0 Å². The smallest absolute Gasteiger partial charge is 0.270 e. The summed E-state index contributed by atoms with van der Waals surface area (Å²) >= 11 is 0. The molecule has 1 N–H and O–H groups in total. The summed E-state index contributed by atoms with van der Waals surface area (Å²) in [6, 6.07) is 3.52. The Bertz CT molecular complexity index is 510. The van der Waals surface area contributed by atoms with Crippen molar-refractivity contribution in [1.82, 2.24) is 0 Å². The van der Waals surface area contributed by atoms with Crippen molar-refractivity contribution in [2.75, 3.05) is 18.0 Å². The number of hydrogen-bond acceptors (Lipinski definition) is 4. The van der Waals surface area contributed by atoms with Crippen LogP contribution in [0.4, 0.5) is 20.2 Å². The molecule has 0 amide bonds. The van der Waals surface area contributed by atoms with Gasteiger partial charge in [-0.2, -0.15) is 0 Å². The van der Waals surface area contributed by atoms with Gasteiger partial charge in [-0.1, -0.05) is 6.92 Å². The van der Waals surface area contributed by atoms with Crippen molar-refractivity contribution in [3.8, 4) is 0 Å². The van der Waals surface area contributed by atoms with E-state index in [-0.39, 0.29) is 17.2 Å². The van der Waals surface area contributed by atoms with Crippen LogP contribution in [0.3, 0.4) is 0 Å². The second-order valence-electron chi connectivity index (χ2n) is 5.08. The molecule has 5 nitrogen and oxygen atoms in total. The standard InChI is InChI=1S/C13H16F2N2O3/c1-8-7-16(5-4-12(8)18)11-3-2-9(17(19)20)6-10(11)13(14)15/h2-3,6,8,12-13,18H,4-5,7H2,1H3. The normalized spacial score (nSPS) is 23.1. The van der Waals surface area contributed by atoms with Crippen LogP contribution in [-0.4, -0.2) is 29.2 Å². The molecule has 1 heterocycles. The first-order chi connectivity index (χ1) is 9.40. The third-order valence-corrected chi connectivity index (χ3v) is 3.66. The topological polar surface area (TPSA) is 66.6 Å². The van der Waals surface area contributed by atoms with Crippen molar-refractivity contribution in [1.29, 1.82) is 0 Å². The van der Waals surface area contributed by atoms with E-state index in [4.69, 9.17) is 0 Å². The molecule has 0 radical (unpaired) electrons. The number of aliphatic hydroxyl groups excluding tert-OH is 1. The van der Waals surface area contributed by atoms with Crippen molar-refractivity contribution in [3.63, 3.8) is 0 Å². The molecular formula is C13H16F2N2O3. The van der Waals surface area contributed by atoms with Crippen molar-refractivity contribution >= 4 is 11.4 Å². The number of alkyl halides is 2. The third-order valence-electron chi connectivity index (χ3n) is 3.66. The Balaban J connectivity index is 2.33. The van der Waals surface area contributed by atoms with Gasteiger partial charge in [0.25, 0.3) is 12.1 Å². The molecule has 1 aliphatic heterocycles. The van der Waals surface area contributed by atoms with Gasteiger partial charge >= 0.3 is 0 Å². The number of benzene rings is 1. The Morgan fingerprint density at radius 2 is 2.20 bits per heavy atom. The first-order valence-electron chi connectivity index (χ1n) is 6.39. The largest absolute Gasteiger partial charge is 0.393 e. The summed E-state index contributed by atoms with van der Waals surface area (Å²) in [6.07, 6.45) is -2.70. The SMILES string of the molecule is CC1CN(c2ccc([N+](=O)[O-])cc2C(F)F)CCC1O. The van der Waals surface area contributed by atoms with Gasteiger partial charge < -0.3 is 10.0 Å². The van der Waals surface area contributed by atoms with Crippen LogP contribution in [-0.2, 0) is 0 Å². The van der Waals surface area contributed by atoms with Gasteiger partial charge in [0.05, 0.1) is 11.0 Å². The summed E-state index contributed by atoms with van der Waals surface area (Å²) < 4.78 is 26.2. The molecule has 0 aliphatic carbocycles. The molecule has 0 aromatic heterocycles. The highest BCUT2D eigenvalue weighted by Gasteiger charge is 2.28. The van der Waals surface area contributed by atoms with Crippen LogP contribution in [0, 0.1) is 16.0 Å². The second-order valence-corrected chi connectivity index (χ2v) is 5.08. The number of nitro groups is 1. The van der Waals surface area contributed by atoms with E-state index < -0.39 is 17.5 Å². The van der Waals surface area contributed by atoms with Crippen molar-refractivity contribution in [2.45, 2.75) is 25.9 Å². The predicted octanol–water partition coefficient (Wildman–Crippen LogP) is 2.74. The monoisotopic (exact) mass is 286 g/mol. The van der Waals surface area contributed by atoms with E-state index in [9.17, 15) is 24.0 Å². The van der Waals surface area contributed by atoms with Crippen LogP contribution in [0.25, 0.3) is 0 Å². The molecule has 1 saturated heterocycles. The fourth-order valence-electron chi connectivity index (χ4n) is 2.47. The van der Waals surface area contributed by atoms with Gasteiger partial charge in [-0.05, 0) is 18.4 Å². The summed E-state index contributed by atoms with van der Waals surface area (Å²) in [5, 5.41) is 20.3. The van der Waals surface area contributed by atoms with E-state index in [1.807, 2.05) is 6.92 Å². The fourth-order valence-corrected chi connectivity index (χ4v) is 2.47. The van der Waals surface area contributed by atoms with E-state index in [2.05, 4.69) is 0 Å². The predicted molar refractivity (Wildman–Crippen MR) is 70.1 cm³/mol. The average molecular weight is 286 g/mol. The molecular weight excluding hydrogens is 270 g/mol. The lowest BCUT2D eigenvalue weighted by Crippen LogP contribution is -2.42. The molecule has 1 aliphatic rings. The maximum atomic E-state index is 13.1. The molecule has 0 saturated carbocycles. The lowest BCUT2D eigenvalue weighted by molar-refractivity contribution is -0.385. The van der Waals surface area contributed by atoms with Crippen LogP contribution in [0.2, 0.25) is 0 Å². The number of piperidine rings is 1. The van der Waals surface area contributed by atoms with E-state index in [1.54, 1.807) is 4.90 Å². The number of rotatable bonds is 3. The second kappa shape index (κ2) is 5.70. The zero-order valence-electron chi connectivity index (χ0n) is 11.0. The quantitative estimate of drug-likeness (QED) is 0.685. The number of nitro benzene ring substituents is 1. The highest BCUT2D eigenvalue weighted by atomic mass is 19.3. The first-order valence-corrected chi connectivity index (χ1v) is 6.39. The Labute approximate surface area is 115 Å². The van der Waals surface area contributed by atoms with Gasteiger partial charge in [0.2, 0.25) is 0 Å². The molecule has 1 aromatic carbocycles. The Kier molecular flexibility index (Phi) is 4.17. The number of anilines is 1. The molecule has 0 bridgehead atoms. The number of nitrogens with zero attached hydrogens (tertiary/aromatic N) is 2. The number of halogens is 2. The molecule has 2 rings (SSSR count). The van der Waals surface area contributed by atoms with Crippen molar-refractivity contribution in [3.05, 3.63) is 33.9 Å². The maximum Gasteiger partial charge on any atom is 0.270 e. The third kappa shape index (κ3) is 2.87. The molecule has 2 atom stereocenters. The summed E-state index contributed by atoms with van der Waals surface area (Å²) in [7, 11) is 0. The molecule has 2 unspecified atom stereocenters. The lowest BCUT2D eigenvalue weighted by atomic mass is 9.95. The summed E-state index contributed by atoms with van der Waals surface area (Å²) in [6.45, 7) is 2.77. The molecule has 0 spiro atoms. The van der Waals surface area contributed by atoms with Crippen LogP contribution >= 0.6 is 0 Å². The van der Waals surface area contributed by atoms with Crippen molar-refractivity contribution in [2.24, 2.45) is 5.92 Å². The average Bonchev–Trinajstić information content (AvgIpc) is 2.41. The van der Waals surface area contributed by atoms with Crippen LogP contribution in [0.15, 0.2) is 18.2 Å². The van der Waals surface area contributed by atoms with Crippen LogP contribution in [0.5, 0.6) is 0 Å². The van der Waals surface area contributed by atoms with E-state index in [0.717, 1.165) is 6.07 Å². The van der Waals surface area contributed by atoms with Gasteiger partial charge in [0, 0.05) is 36.5 Å². The molecule has 110 valence electrons. The molecule has 1 aromatic rings. The van der Waals surface area contributed by atoms with Crippen LogP contribution < -0.4 is 4.90 Å². The minimum atomic E-state index is -2.77. The van der Waals surface area contributed by atoms with Gasteiger partial charge in [-0.3, -0.25) is 10.1 Å². The Morgan fingerprint density at radius 3 is 2.75 bits per heavy atom. The zero-order chi connectivity index (χ0) is 14.9. The highest BCUT2D eigenvalue weighted by molar-refractivity contribution is 5.58. The van der Waals surface area contributed by atoms with Gasteiger partial charge in [0.15, 0.2) is 0 Å². The van der Waals surface area contributed by atoms with E-state index in [1.165, 1.54) is 12.1 Å². The highest BCUT2D eigenvalue weighted by Crippen LogP contribution is 2.35.